The highest BCUT2D eigenvalue weighted by atomic mass is 16.6. The Balaban J connectivity index is 1.86. The first-order valence-electron chi connectivity index (χ1n) is 12.7. The lowest BCUT2D eigenvalue weighted by molar-refractivity contribution is -0.212. The van der Waals surface area contributed by atoms with E-state index in [-0.39, 0.29) is 44.4 Å². The molecule has 1 saturated heterocycles. The maximum absolute atomic E-state index is 13.2. The van der Waals surface area contributed by atoms with Gasteiger partial charge in [-0.1, -0.05) is 18.7 Å². The Kier molecular flexibility index (Phi) is 6.95. The fourth-order valence-electron chi connectivity index (χ4n) is 5.81. The van der Waals surface area contributed by atoms with Gasteiger partial charge in [-0.15, -0.1) is 0 Å². The van der Waals surface area contributed by atoms with Crippen molar-refractivity contribution in [2.24, 2.45) is 0 Å². The molecule has 10 heteroatoms. The molecule has 0 radical (unpaired) electrons. The Bertz CT molecular complexity index is 1720. The van der Waals surface area contributed by atoms with Crippen LogP contribution in [0.25, 0.3) is 38.6 Å². The lowest BCUT2D eigenvalue weighted by Gasteiger charge is -2.46. The van der Waals surface area contributed by atoms with Crippen LogP contribution in [-0.2, 0) is 14.3 Å². The maximum Gasteiger partial charge on any atom is 0.344 e. The molecule has 1 aliphatic heterocycles. The van der Waals surface area contributed by atoms with E-state index in [1.54, 1.807) is 44.1 Å². The van der Waals surface area contributed by atoms with Crippen LogP contribution >= 0.6 is 0 Å². The van der Waals surface area contributed by atoms with Gasteiger partial charge in [-0.2, -0.15) is 0 Å². The predicted molar refractivity (Wildman–Crippen MR) is 150 cm³/mol. The molecule has 1 aliphatic rings. The number of aliphatic hydroxyl groups is 1. The molecule has 210 valence electrons. The highest BCUT2D eigenvalue weighted by Crippen LogP contribution is 2.47. The summed E-state index contributed by atoms with van der Waals surface area (Å²) in [5.74, 6) is -0.555. The van der Waals surface area contributed by atoms with E-state index in [0.29, 0.717) is 16.5 Å². The average Bonchev–Trinajstić information content (AvgIpc) is 2.90. The molecule has 0 amide bonds. The Morgan fingerprint density at radius 2 is 1.80 bits per heavy atom. The standard InChI is InChI=1S/C30H31NO9/c1-7-15-10-18-22(20(34)11-15)17-12-21(37-6)24-19(33)9-8-16(23(24)28(17)40-30(18)36)29-26(35)25(31(4)5)27(13(2)38-29)39-14(3)32/h7-13,25-27,29,33-35H,1H2,2-6H3. The number of fused-ring (bicyclic) bond motifs is 5. The second kappa shape index (κ2) is 10.1. The molecule has 0 spiro atoms. The molecular weight excluding hydrogens is 518 g/mol. The van der Waals surface area contributed by atoms with E-state index in [1.165, 1.54) is 32.2 Å². The van der Waals surface area contributed by atoms with Gasteiger partial charge in [0.15, 0.2) is 0 Å². The van der Waals surface area contributed by atoms with Crippen LogP contribution in [0.1, 0.15) is 31.1 Å². The summed E-state index contributed by atoms with van der Waals surface area (Å²) >= 11 is 0. The van der Waals surface area contributed by atoms with Crippen LogP contribution in [0.4, 0.5) is 0 Å². The number of benzene rings is 3. The first kappa shape index (κ1) is 27.4. The van der Waals surface area contributed by atoms with Crippen molar-refractivity contribution in [2.75, 3.05) is 21.2 Å². The van der Waals surface area contributed by atoms with Crippen molar-refractivity contribution in [2.45, 2.75) is 44.3 Å². The van der Waals surface area contributed by atoms with E-state index in [9.17, 15) is 24.9 Å². The van der Waals surface area contributed by atoms with E-state index >= 15 is 0 Å². The number of phenols is 2. The summed E-state index contributed by atoms with van der Waals surface area (Å²) in [5.41, 5.74) is 0.316. The number of hydrogen-bond acceptors (Lipinski definition) is 10. The van der Waals surface area contributed by atoms with E-state index in [1.807, 2.05) is 0 Å². The highest BCUT2D eigenvalue weighted by Gasteiger charge is 2.47. The Hall–Kier alpha value is -4.12. The number of aliphatic hydroxyl groups excluding tert-OH is 1. The second-order valence-corrected chi connectivity index (χ2v) is 10.2. The fraction of sp³-hybridized carbons (Fsp3) is 0.333. The van der Waals surface area contributed by atoms with E-state index < -0.39 is 42.1 Å². The summed E-state index contributed by atoms with van der Waals surface area (Å²) in [7, 11) is 4.96. The van der Waals surface area contributed by atoms with Crippen molar-refractivity contribution in [1.29, 1.82) is 0 Å². The molecule has 10 nitrogen and oxygen atoms in total. The largest absolute Gasteiger partial charge is 0.507 e. The second-order valence-electron chi connectivity index (χ2n) is 10.2. The molecule has 5 rings (SSSR count). The van der Waals surface area contributed by atoms with Crippen molar-refractivity contribution >= 4 is 44.6 Å². The van der Waals surface area contributed by atoms with Crippen molar-refractivity contribution in [3.8, 4) is 17.2 Å². The van der Waals surface area contributed by atoms with Gasteiger partial charge in [-0.3, -0.25) is 4.79 Å². The van der Waals surface area contributed by atoms with Crippen LogP contribution < -0.4 is 10.4 Å². The van der Waals surface area contributed by atoms with Crippen LogP contribution in [0, 0.1) is 0 Å². The van der Waals surface area contributed by atoms with Gasteiger partial charge in [0, 0.05) is 23.1 Å². The minimum absolute atomic E-state index is 0.0767. The van der Waals surface area contributed by atoms with Gasteiger partial charge < -0.3 is 38.8 Å². The number of carbonyl (C=O) groups is 1. The zero-order valence-electron chi connectivity index (χ0n) is 22.8. The minimum atomic E-state index is -1.19. The lowest BCUT2D eigenvalue weighted by Crippen LogP contribution is -2.60. The SMILES string of the molecule is C=Cc1cc(O)c2c(c1)c(=O)oc1c2cc(OC)c2c(O)ccc(C3OC(C)C(OC(C)=O)C(N(C)C)C3O)c21. The number of phenolic OH excluding ortho intramolecular Hbond substituents is 2. The molecule has 2 heterocycles. The first-order valence-corrected chi connectivity index (χ1v) is 12.7. The number of carbonyl (C=O) groups excluding carboxylic acids is 1. The van der Waals surface area contributed by atoms with Gasteiger partial charge in [0.25, 0.3) is 0 Å². The number of aromatic hydroxyl groups is 2. The van der Waals surface area contributed by atoms with Crippen molar-refractivity contribution in [3.63, 3.8) is 0 Å². The quantitative estimate of drug-likeness (QED) is 0.191. The van der Waals surface area contributed by atoms with Crippen molar-refractivity contribution in [1.82, 2.24) is 4.90 Å². The summed E-state index contributed by atoms with van der Waals surface area (Å²) in [5, 5.41) is 34.8. The van der Waals surface area contributed by atoms with Gasteiger partial charge in [-0.05, 0) is 56.4 Å². The van der Waals surface area contributed by atoms with Crippen molar-refractivity contribution in [3.05, 3.63) is 58.5 Å². The predicted octanol–water partition coefficient (Wildman–Crippen LogP) is 3.84. The molecule has 3 N–H and O–H groups in total. The van der Waals surface area contributed by atoms with E-state index in [2.05, 4.69) is 6.58 Å². The molecular formula is C30H31NO9. The highest BCUT2D eigenvalue weighted by molar-refractivity contribution is 6.19. The summed E-state index contributed by atoms with van der Waals surface area (Å²) in [6, 6.07) is 7.02. The van der Waals surface area contributed by atoms with E-state index in [4.69, 9.17) is 18.6 Å². The third-order valence-corrected chi connectivity index (χ3v) is 7.51. The Morgan fingerprint density at radius 3 is 2.42 bits per heavy atom. The van der Waals surface area contributed by atoms with Gasteiger partial charge in [0.1, 0.15) is 41.1 Å². The molecule has 4 aromatic rings. The molecule has 5 unspecified atom stereocenters. The molecule has 1 aromatic heterocycles. The summed E-state index contributed by atoms with van der Waals surface area (Å²) in [4.78, 5) is 26.8. The molecule has 40 heavy (non-hydrogen) atoms. The third-order valence-electron chi connectivity index (χ3n) is 7.51. The summed E-state index contributed by atoms with van der Waals surface area (Å²) in [6.07, 6.45) is -2.05. The minimum Gasteiger partial charge on any atom is -0.507 e. The number of rotatable bonds is 5. The van der Waals surface area contributed by atoms with Crippen LogP contribution in [0.3, 0.4) is 0 Å². The Morgan fingerprint density at radius 1 is 1.07 bits per heavy atom. The zero-order chi connectivity index (χ0) is 29.0. The number of nitrogens with zero attached hydrogens (tertiary/aromatic N) is 1. The third kappa shape index (κ3) is 4.25. The van der Waals surface area contributed by atoms with Gasteiger partial charge in [0.2, 0.25) is 0 Å². The zero-order valence-corrected chi connectivity index (χ0v) is 22.8. The fourth-order valence-corrected chi connectivity index (χ4v) is 5.81. The molecule has 5 atom stereocenters. The number of likely N-dealkylation sites (N-methyl/N-ethyl adjacent to an activating group) is 1. The average molecular weight is 550 g/mol. The number of ether oxygens (including phenoxy) is 3. The summed E-state index contributed by atoms with van der Waals surface area (Å²) < 4.78 is 23.3. The monoisotopic (exact) mass is 549 g/mol. The van der Waals surface area contributed by atoms with Crippen LogP contribution in [0.5, 0.6) is 17.2 Å². The molecule has 0 bridgehead atoms. The van der Waals surface area contributed by atoms with Crippen molar-refractivity contribution < 1.29 is 38.7 Å². The first-order chi connectivity index (χ1) is 19.0. The number of methoxy groups -OCH3 is 1. The van der Waals surface area contributed by atoms with Gasteiger partial charge in [0.05, 0.1) is 30.0 Å². The lowest BCUT2D eigenvalue weighted by atomic mass is 9.86. The molecule has 1 fully saturated rings. The maximum atomic E-state index is 13.2. The van der Waals surface area contributed by atoms with Crippen LogP contribution in [-0.4, -0.2) is 71.7 Å². The van der Waals surface area contributed by atoms with Gasteiger partial charge in [-0.25, -0.2) is 4.79 Å². The molecule has 3 aromatic carbocycles. The van der Waals surface area contributed by atoms with Crippen LogP contribution in [0.15, 0.2) is 46.1 Å². The molecule has 0 aliphatic carbocycles. The topological polar surface area (TPSA) is 139 Å². The van der Waals surface area contributed by atoms with E-state index in [0.717, 1.165) is 0 Å². The summed E-state index contributed by atoms with van der Waals surface area (Å²) in [6.45, 7) is 6.74. The number of esters is 1. The normalized spacial score (nSPS) is 23.1. The smallest absolute Gasteiger partial charge is 0.344 e. The number of hydrogen-bond donors (Lipinski definition) is 3. The Labute approximate surface area is 229 Å². The van der Waals surface area contributed by atoms with Crippen LogP contribution in [0.2, 0.25) is 0 Å². The van der Waals surface area contributed by atoms with Gasteiger partial charge >= 0.3 is 11.6 Å². The molecule has 0 saturated carbocycles.